The van der Waals surface area contributed by atoms with Crippen LogP contribution in [0.5, 0.6) is 5.75 Å². The Morgan fingerprint density at radius 1 is 0.533 bits per heavy atom. The number of unbranched alkanes of at least 4 members (excludes halogenated alkanes) is 2. The number of hydrogen-bond donors (Lipinski definition) is 12. The number of nitriles is 1. The zero-order chi connectivity index (χ0) is 58.5. The number of ether oxygens (including phenoxy) is 1. The van der Waals surface area contributed by atoms with Gasteiger partial charge in [-0.1, -0.05) is 96.1 Å². The molecule has 2 atom stereocenters. The van der Waals surface area contributed by atoms with Gasteiger partial charge in [-0.05, 0) is 94.3 Å². The number of anilines is 2. The maximum atomic E-state index is 11.7. The molecule has 25 heteroatoms. The zero-order valence-corrected chi connectivity index (χ0v) is 43.5. The van der Waals surface area contributed by atoms with Crippen molar-refractivity contribution >= 4 is 65.6 Å². The number of para-hydroxylation sites is 3. The van der Waals surface area contributed by atoms with Gasteiger partial charge in [0, 0.05) is 43.9 Å². The van der Waals surface area contributed by atoms with Crippen LogP contribution < -0.4 is 48.1 Å². The lowest BCUT2D eigenvalue weighted by Crippen LogP contribution is -2.46. The van der Waals surface area contributed by atoms with Crippen LogP contribution >= 0.6 is 0 Å². The zero-order valence-electron chi connectivity index (χ0n) is 43.5. The van der Waals surface area contributed by atoms with E-state index >= 15 is 0 Å². The molecule has 0 heterocycles. The first kappa shape index (κ1) is 77.6. The number of nitrogen functional groups attached to an aromatic ring is 1. The minimum Gasteiger partial charge on any atom is -0.481 e. The van der Waals surface area contributed by atoms with Crippen LogP contribution in [-0.2, 0) is 38.4 Å². The molecule has 0 bridgehead atoms. The minimum absolute atomic E-state index is 0.0425. The SMILES string of the molecule is CC.CC.CC.N#COc1ccccc1.NCCCCC(NC(=O)NCCCC(=O)O)C(=O)O.Nc1ccccc1.O=C(O)CCCNC(=O)NC(CCCCNC(=O)Nc1ccccc1)C(=O)O.O=C=O.O=C=O. The number of benzene rings is 3. The first-order chi connectivity index (χ1) is 36.0. The molecule has 0 saturated carbocycles. The second-order valence-corrected chi connectivity index (χ2v) is 13.2. The standard InChI is InChI=1S/C18H26N4O6.C11H21N3O5.C7H5NO.C6H7N.3C2H6.2CO2/c23-15(24)10-6-12-20-18(28)22-14(16(25)26)9-4-5-11-19-17(27)21-13-7-2-1-3-8-13;12-6-2-1-4-8(10(17)18)14-11(19)13-7-3-5-9(15)16;8-6-9-7-4-2-1-3-5-7;7-6-4-2-1-3-5-6;3*1-2;2*2-1-3/h1-3,7-8,14H,4-6,9-12H2,(H,23,24)(H,25,26)(H2,19,21,27)(H2,20,22,28);8H,1-7,12H2,(H,15,16)(H,17,18)(H2,13,14,19);1-5H;1-5H,7H2;3*1-2H3;;. The molecule has 3 aromatic rings. The normalized spacial score (nSPS) is 9.31. The molecule has 14 N–H and O–H groups in total. The van der Waals surface area contributed by atoms with Crippen molar-refractivity contribution in [3.05, 3.63) is 91.0 Å². The van der Waals surface area contributed by atoms with Crippen molar-refractivity contribution in [2.75, 3.05) is 37.2 Å². The van der Waals surface area contributed by atoms with Crippen LogP contribution in [0.2, 0.25) is 0 Å². The van der Waals surface area contributed by atoms with Crippen LogP contribution in [0, 0.1) is 11.5 Å². The van der Waals surface area contributed by atoms with E-state index in [4.69, 9.17) is 51.2 Å². The number of nitrogens with zero attached hydrogens (tertiary/aromatic N) is 1. The van der Waals surface area contributed by atoms with Crippen molar-refractivity contribution in [3.8, 4) is 12.0 Å². The van der Waals surface area contributed by atoms with E-state index in [1.54, 1.807) is 42.7 Å². The van der Waals surface area contributed by atoms with E-state index in [0.29, 0.717) is 63.1 Å². The van der Waals surface area contributed by atoms with Gasteiger partial charge in [-0.15, -0.1) is 5.26 Å². The predicted molar refractivity (Wildman–Crippen MR) is 277 cm³/mol. The van der Waals surface area contributed by atoms with E-state index in [1.165, 1.54) is 0 Å². The van der Waals surface area contributed by atoms with Crippen LogP contribution in [0.25, 0.3) is 0 Å². The topological polar surface area (TPSA) is 426 Å². The van der Waals surface area contributed by atoms with Crippen molar-refractivity contribution in [1.82, 2.24) is 26.6 Å². The van der Waals surface area contributed by atoms with E-state index in [-0.39, 0.29) is 57.1 Å². The molecule has 0 aromatic heterocycles. The van der Waals surface area contributed by atoms with Gasteiger partial charge in [0.15, 0.2) is 0 Å². The number of carbonyl (C=O) groups is 7. The molecule has 418 valence electrons. The highest BCUT2D eigenvalue weighted by Gasteiger charge is 2.20. The molecule has 2 unspecified atom stereocenters. The summed E-state index contributed by atoms with van der Waals surface area (Å²) in [7, 11) is 0. The van der Waals surface area contributed by atoms with E-state index < -0.39 is 48.0 Å². The average Bonchev–Trinajstić information content (AvgIpc) is 3.39. The van der Waals surface area contributed by atoms with Gasteiger partial charge in [-0.3, -0.25) is 9.59 Å². The Bertz CT molecular complexity index is 1990. The molecular formula is C50H77N9O16. The Morgan fingerprint density at radius 3 is 1.21 bits per heavy atom. The Balaban J connectivity index is -0.000000216. The van der Waals surface area contributed by atoms with Crippen LogP contribution in [0.15, 0.2) is 91.0 Å². The summed E-state index contributed by atoms with van der Waals surface area (Å²) in [5, 5.41) is 57.9. The molecule has 0 spiro atoms. The number of rotatable bonds is 23. The van der Waals surface area contributed by atoms with E-state index in [9.17, 15) is 38.7 Å². The van der Waals surface area contributed by atoms with E-state index in [1.807, 2.05) is 96.1 Å². The molecule has 0 radical (unpaired) electrons. The molecule has 0 aliphatic carbocycles. The van der Waals surface area contributed by atoms with Crippen molar-refractivity contribution < 1.29 is 77.9 Å². The number of carbonyl (C=O) groups excluding carboxylic acids is 7. The maximum Gasteiger partial charge on any atom is 0.373 e. The third-order valence-electron chi connectivity index (χ3n) is 7.80. The van der Waals surface area contributed by atoms with Crippen LogP contribution in [0.1, 0.15) is 106 Å². The highest BCUT2D eigenvalue weighted by Crippen LogP contribution is 2.07. The van der Waals surface area contributed by atoms with E-state index in [0.717, 1.165) is 5.69 Å². The van der Waals surface area contributed by atoms with Crippen LogP contribution in [0.3, 0.4) is 0 Å². The highest BCUT2D eigenvalue weighted by molar-refractivity contribution is 5.89. The number of nitrogens with two attached hydrogens (primary N) is 2. The van der Waals surface area contributed by atoms with Gasteiger partial charge in [-0.25, -0.2) is 24.0 Å². The summed E-state index contributed by atoms with van der Waals surface area (Å²) >= 11 is 0. The molecule has 25 nitrogen and oxygen atoms in total. The number of urea groups is 3. The van der Waals surface area contributed by atoms with Gasteiger partial charge >= 0.3 is 54.3 Å². The van der Waals surface area contributed by atoms with Gasteiger partial charge in [0.05, 0.1) is 0 Å². The summed E-state index contributed by atoms with van der Waals surface area (Å²) in [5.41, 5.74) is 12.2. The van der Waals surface area contributed by atoms with Crippen molar-refractivity contribution in [2.24, 2.45) is 5.73 Å². The summed E-state index contributed by atoms with van der Waals surface area (Å²) in [5.74, 6) is -3.57. The lowest BCUT2D eigenvalue weighted by atomic mass is 10.1. The number of hydrogen-bond acceptors (Lipinski definition) is 15. The third-order valence-corrected chi connectivity index (χ3v) is 7.80. The number of nitrogens with one attached hydrogen (secondary N) is 6. The van der Waals surface area contributed by atoms with Crippen molar-refractivity contribution in [3.63, 3.8) is 0 Å². The number of carboxylic acids is 4. The van der Waals surface area contributed by atoms with Gasteiger partial charge in [0.2, 0.25) is 0 Å². The Hall–Kier alpha value is -8.84. The van der Waals surface area contributed by atoms with Gasteiger partial charge in [0.1, 0.15) is 17.8 Å². The Labute approximate surface area is 438 Å². The van der Waals surface area contributed by atoms with Gasteiger partial charge < -0.3 is 68.5 Å². The molecule has 0 aliphatic heterocycles. The highest BCUT2D eigenvalue weighted by atomic mass is 16.5. The molecule has 3 aromatic carbocycles. The quantitative estimate of drug-likeness (QED) is 0.0292. The van der Waals surface area contributed by atoms with Crippen LogP contribution in [0.4, 0.5) is 25.8 Å². The fraction of sp³-hybridized carbons (Fsp3) is 0.440. The molecule has 75 heavy (non-hydrogen) atoms. The molecule has 0 aliphatic rings. The second-order valence-electron chi connectivity index (χ2n) is 13.2. The minimum atomic E-state index is -1.16. The first-order valence-corrected chi connectivity index (χ1v) is 23.7. The first-order valence-electron chi connectivity index (χ1n) is 23.7. The lowest BCUT2D eigenvalue weighted by Gasteiger charge is -2.15. The molecular weight excluding hydrogens is 983 g/mol. The van der Waals surface area contributed by atoms with Gasteiger partial charge in [0.25, 0.3) is 6.26 Å². The summed E-state index contributed by atoms with van der Waals surface area (Å²) in [6, 6.07) is 23.8. The summed E-state index contributed by atoms with van der Waals surface area (Å²) in [4.78, 5) is 110. The van der Waals surface area contributed by atoms with E-state index in [2.05, 4.69) is 36.6 Å². The van der Waals surface area contributed by atoms with Gasteiger partial charge in [-0.2, -0.15) is 19.2 Å². The fourth-order valence-electron chi connectivity index (χ4n) is 4.68. The average molecular weight is 1060 g/mol. The Morgan fingerprint density at radius 2 is 0.880 bits per heavy atom. The molecule has 0 fully saturated rings. The molecule has 0 saturated heterocycles. The third kappa shape index (κ3) is 61.2. The molecule has 6 amide bonds. The van der Waals surface area contributed by atoms with Crippen molar-refractivity contribution in [1.29, 1.82) is 5.26 Å². The lowest BCUT2D eigenvalue weighted by molar-refractivity contribution is -0.193. The summed E-state index contributed by atoms with van der Waals surface area (Å²) in [6.45, 7) is 13.2. The molecule has 3 rings (SSSR count). The second kappa shape index (κ2) is 61.3. The number of aliphatic carboxylic acids is 4. The maximum absolute atomic E-state index is 11.7. The summed E-state index contributed by atoms with van der Waals surface area (Å²) in [6.07, 6.45) is 5.40. The predicted octanol–water partition coefficient (Wildman–Crippen LogP) is 6.06. The fourth-order valence-corrected chi connectivity index (χ4v) is 4.68. The van der Waals surface area contributed by atoms with Crippen LogP contribution in [-0.4, -0.2) is 113 Å². The monoisotopic (exact) mass is 1060 g/mol. The largest absolute Gasteiger partial charge is 0.481 e. The summed E-state index contributed by atoms with van der Waals surface area (Å²) < 4.78 is 4.51. The number of amides is 6. The number of carboxylic acid groups (broad SMARTS) is 4. The Kier molecular flexibility index (Phi) is 63.4. The smallest absolute Gasteiger partial charge is 0.373 e. The van der Waals surface area contributed by atoms with Crippen molar-refractivity contribution in [2.45, 2.75) is 118 Å².